The van der Waals surface area contributed by atoms with E-state index in [0.29, 0.717) is 28.0 Å². The van der Waals surface area contributed by atoms with Crippen LogP contribution in [0.4, 0.5) is 0 Å². The highest BCUT2D eigenvalue weighted by Crippen LogP contribution is 2.30. The molecule has 4 heteroatoms. The molecule has 1 atom stereocenters. The number of carbonyl (C=O) groups excluding carboxylic acids is 1. The Labute approximate surface area is 146 Å². The third kappa shape index (κ3) is 3.07. The highest BCUT2D eigenvalue weighted by atomic mass is 16.5. The lowest BCUT2D eigenvalue weighted by Crippen LogP contribution is -2.24. The third-order valence-corrected chi connectivity index (χ3v) is 4.55. The number of fused-ring (bicyclic) bond motifs is 1. The molecule has 0 fully saturated rings. The molecular weight excluding hydrogens is 316 g/mol. The molecule has 25 heavy (non-hydrogen) atoms. The summed E-state index contributed by atoms with van der Waals surface area (Å²) in [4.78, 5) is 24.4. The van der Waals surface area contributed by atoms with Crippen LogP contribution in [0, 0.1) is 20.8 Å². The van der Waals surface area contributed by atoms with Crippen molar-refractivity contribution in [3.8, 4) is 5.75 Å². The number of rotatable bonds is 4. The minimum Gasteiger partial charge on any atom is -0.482 e. The first-order chi connectivity index (χ1) is 11.9. The van der Waals surface area contributed by atoms with Crippen molar-refractivity contribution in [2.24, 2.45) is 0 Å². The molecule has 0 saturated heterocycles. The average Bonchev–Trinajstić information content (AvgIpc) is 2.62. The Morgan fingerprint density at radius 2 is 1.64 bits per heavy atom. The van der Waals surface area contributed by atoms with Crippen molar-refractivity contribution in [2.75, 3.05) is 0 Å². The molecule has 0 amide bonds. The summed E-state index contributed by atoms with van der Waals surface area (Å²) in [7, 11) is 0. The molecule has 0 aliphatic heterocycles. The van der Waals surface area contributed by atoms with Crippen LogP contribution < -0.4 is 10.4 Å². The maximum Gasteiger partial charge on any atom is 0.339 e. The average molecular weight is 336 g/mol. The van der Waals surface area contributed by atoms with Gasteiger partial charge in [0.2, 0.25) is 5.78 Å². The highest BCUT2D eigenvalue weighted by Gasteiger charge is 2.19. The first-order valence-electron chi connectivity index (χ1n) is 8.19. The Morgan fingerprint density at radius 1 is 0.960 bits per heavy atom. The van der Waals surface area contributed by atoms with E-state index in [4.69, 9.17) is 9.15 Å². The number of carbonyl (C=O) groups is 1. The summed E-state index contributed by atoms with van der Waals surface area (Å²) in [6.45, 7) is 7.20. The van der Waals surface area contributed by atoms with Crippen molar-refractivity contribution in [1.82, 2.24) is 0 Å². The van der Waals surface area contributed by atoms with E-state index in [2.05, 4.69) is 0 Å². The zero-order chi connectivity index (χ0) is 18.1. The number of hydrogen-bond acceptors (Lipinski definition) is 4. The van der Waals surface area contributed by atoms with Crippen LogP contribution in [-0.2, 0) is 0 Å². The molecule has 0 aliphatic rings. The predicted molar refractivity (Wildman–Crippen MR) is 97.6 cm³/mol. The van der Waals surface area contributed by atoms with Gasteiger partial charge in [-0.1, -0.05) is 30.3 Å². The third-order valence-electron chi connectivity index (χ3n) is 4.55. The van der Waals surface area contributed by atoms with Crippen LogP contribution in [0.2, 0.25) is 0 Å². The smallest absolute Gasteiger partial charge is 0.339 e. The Morgan fingerprint density at radius 3 is 2.32 bits per heavy atom. The number of ketones is 1. The van der Waals surface area contributed by atoms with Crippen molar-refractivity contribution >= 4 is 16.8 Å². The van der Waals surface area contributed by atoms with Gasteiger partial charge in [-0.15, -0.1) is 0 Å². The SMILES string of the molecule is Cc1c(C)c2ccc(O[C@@H](C)C(=O)c3ccccc3)c(C)c2oc1=O. The van der Waals surface area contributed by atoms with Gasteiger partial charge in [0.1, 0.15) is 11.3 Å². The van der Waals surface area contributed by atoms with Crippen LogP contribution in [0.5, 0.6) is 5.75 Å². The fourth-order valence-corrected chi connectivity index (χ4v) is 2.83. The van der Waals surface area contributed by atoms with E-state index in [1.807, 2.05) is 44.2 Å². The summed E-state index contributed by atoms with van der Waals surface area (Å²) in [5.41, 5.74) is 2.97. The molecule has 0 bridgehead atoms. The lowest BCUT2D eigenvalue weighted by Gasteiger charge is -2.17. The van der Waals surface area contributed by atoms with E-state index in [-0.39, 0.29) is 11.4 Å². The number of benzene rings is 2. The molecule has 0 spiro atoms. The van der Waals surface area contributed by atoms with Gasteiger partial charge in [0.25, 0.3) is 0 Å². The van der Waals surface area contributed by atoms with E-state index >= 15 is 0 Å². The number of aryl methyl sites for hydroxylation is 2. The molecule has 3 aromatic rings. The van der Waals surface area contributed by atoms with E-state index in [1.165, 1.54) is 0 Å². The molecule has 4 nitrogen and oxygen atoms in total. The molecule has 0 N–H and O–H groups in total. The Bertz CT molecular complexity index is 1000. The first-order valence-corrected chi connectivity index (χ1v) is 8.19. The second-order valence-corrected chi connectivity index (χ2v) is 6.20. The molecule has 3 rings (SSSR count). The first kappa shape index (κ1) is 17.0. The quantitative estimate of drug-likeness (QED) is 0.524. The van der Waals surface area contributed by atoms with Gasteiger partial charge < -0.3 is 9.15 Å². The minimum absolute atomic E-state index is 0.0957. The monoisotopic (exact) mass is 336 g/mol. The molecule has 0 radical (unpaired) electrons. The standard InChI is InChI=1S/C21H20O4/c1-12-13(2)21(23)25-20-14(3)18(11-10-17(12)20)24-15(4)19(22)16-8-6-5-7-9-16/h5-11,15H,1-4H3/t15-/m0/s1. The van der Waals surface area contributed by atoms with Crippen LogP contribution in [0.1, 0.15) is 34.0 Å². The minimum atomic E-state index is -0.642. The van der Waals surface area contributed by atoms with E-state index in [0.717, 1.165) is 10.9 Å². The van der Waals surface area contributed by atoms with Gasteiger partial charge >= 0.3 is 5.63 Å². The lowest BCUT2D eigenvalue weighted by molar-refractivity contribution is 0.0817. The highest BCUT2D eigenvalue weighted by molar-refractivity contribution is 5.99. The summed E-state index contributed by atoms with van der Waals surface area (Å²) in [6.07, 6.45) is -0.642. The summed E-state index contributed by atoms with van der Waals surface area (Å²) < 4.78 is 11.3. The van der Waals surface area contributed by atoms with Crippen molar-refractivity contribution < 1.29 is 13.9 Å². The summed E-state index contributed by atoms with van der Waals surface area (Å²) in [6, 6.07) is 12.7. The van der Waals surface area contributed by atoms with Gasteiger partial charge in [-0.2, -0.15) is 0 Å². The van der Waals surface area contributed by atoms with Crippen LogP contribution >= 0.6 is 0 Å². The molecule has 2 aromatic carbocycles. The summed E-state index contributed by atoms with van der Waals surface area (Å²) in [5, 5.41) is 0.879. The van der Waals surface area contributed by atoms with Gasteiger partial charge in [-0.25, -0.2) is 4.79 Å². The second kappa shape index (κ2) is 6.55. The van der Waals surface area contributed by atoms with Crippen molar-refractivity contribution in [2.45, 2.75) is 33.8 Å². The van der Waals surface area contributed by atoms with Crippen LogP contribution in [0.3, 0.4) is 0 Å². The fraction of sp³-hybridized carbons (Fsp3) is 0.238. The molecule has 0 aliphatic carbocycles. The second-order valence-electron chi connectivity index (χ2n) is 6.20. The van der Waals surface area contributed by atoms with E-state index in [9.17, 15) is 9.59 Å². The molecule has 1 aromatic heterocycles. The van der Waals surface area contributed by atoms with Crippen LogP contribution in [0.15, 0.2) is 51.7 Å². The topological polar surface area (TPSA) is 56.5 Å². The number of Topliss-reactive ketones (excluding diaryl/α,β-unsaturated/α-hetero) is 1. The summed E-state index contributed by atoms with van der Waals surface area (Å²) in [5.74, 6) is 0.442. The molecule has 1 heterocycles. The Balaban J connectivity index is 1.97. The number of hydrogen-bond donors (Lipinski definition) is 0. The van der Waals surface area contributed by atoms with Crippen LogP contribution in [-0.4, -0.2) is 11.9 Å². The maximum atomic E-state index is 12.5. The van der Waals surface area contributed by atoms with Crippen molar-refractivity contribution in [1.29, 1.82) is 0 Å². The summed E-state index contributed by atoms with van der Waals surface area (Å²) >= 11 is 0. The largest absolute Gasteiger partial charge is 0.482 e. The Hall–Kier alpha value is -2.88. The fourth-order valence-electron chi connectivity index (χ4n) is 2.83. The van der Waals surface area contributed by atoms with Gasteiger partial charge in [-0.3, -0.25) is 4.79 Å². The normalized spacial score (nSPS) is 12.2. The molecule has 128 valence electrons. The number of ether oxygens (including phenoxy) is 1. The zero-order valence-electron chi connectivity index (χ0n) is 14.8. The van der Waals surface area contributed by atoms with Crippen molar-refractivity contribution in [3.05, 3.63) is 75.1 Å². The van der Waals surface area contributed by atoms with E-state index < -0.39 is 6.10 Å². The molecule has 0 unspecified atom stereocenters. The van der Waals surface area contributed by atoms with Crippen molar-refractivity contribution in [3.63, 3.8) is 0 Å². The molecule has 0 saturated carbocycles. The van der Waals surface area contributed by atoms with Gasteiger partial charge in [0.15, 0.2) is 6.10 Å². The van der Waals surface area contributed by atoms with E-state index in [1.54, 1.807) is 26.0 Å². The van der Waals surface area contributed by atoms with Gasteiger partial charge in [0, 0.05) is 22.1 Å². The van der Waals surface area contributed by atoms with Crippen LogP contribution in [0.25, 0.3) is 11.0 Å². The van der Waals surface area contributed by atoms with Gasteiger partial charge in [-0.05, 0) is 45.4 Å². The Kier molecular flexibility index (Phi) is 4.45. The maximum absolute atomic E-state index is 12.5. The lowest BCUT2D eigenvalue weighted by atomic mass is 10.0. The zero-order valence-corrected chi connectivity index (χ0v) is 14.8. The predicted octanol–water partition coefficient (Wildman–Crippen LogP) is 4.37. The molecular formula is C21H20O4. The van der Waals surface area contributed by atoms with Gasteiger partial charge in [0.05, 0.1) is 0 Å².